The van der Waals surface area contributed by atoms with Crippen LogP contribution in [0.2, 0.25) is 0 Å². The van der Waals surface area contributed by atoms with Gasteiger partial charge in [-0.1, -0.05) is 0 Å². The number of rotatable bonds is 5. The first kappa shape index (κ1) is 14.8. The quantitative estimate of drug-likeness (QED) is 0.641. The minimum absolute atomic E-state index is 0.000108. The molecule has 0 saturated carbocycles. The fraction of sp³-hybridized carbons (Fsp3) is 0.727. The average molecular weight is 302 g/mol. The van der Waals surface area contributed by atoms with Crippen LogP contribution in [0.1, 0.15) is 19.0 Å². The molecule has 1 aliphatic heterocycles. The predicted molar refractivity (Wildman–Crippen MR) is 74.5 cm³/mol. The molecule has 2 rings (SSSR count). The number of nitro groups is 1. The zero-order chi connectivity index (χ0) is 14.9. The summed E-state index contributed by atoms with van der Waals surface area (Å²) in [6.45, 7) is 4.36. The largest absolute Gasteiger partial charge is 0.364 e. The first-order chi connectivity index (χ1) is 9.34. The van der Waals surface area contributed by atoms with E-state index in [1.165, 1.54) is 4.68 Å². The maximum atomic E-state index is 11.4. The third kappa shape index (κ3) is 2.92. The Bertz CT molecular complexity index is 623. The van der Waals surface area contributed by atoms with Crippen molar-refractivity contribution in [3.05, 3.63) is 15.8 Å². The first-order valence-corrected chi connectivity index (χ1v) is 8.32. The highest BCUT2D eigenvalue weighted by molar-refractivity contribution is 7.91. The molecule has 20 heavy (non-hydrogen) atoms. The molecule has 8 nitrogen and oxygen atoms in total. The second-order valence-corrected chi connectivity index (χ2v) is 7.23. The number of nitrogens with one attached hydrogen (secondary N) is 1. The number of sulfone groups is 1. The average Bonchev–Trinajstić information content (AvgIpc) is 2.86. The molecule has 1 atom stereocenters. The highest BCUT2D eigenvalue weighted by Crippen LogP contribution is 2.29. The van der Waals surface area contributed by atoms with E-state index in [1.807, 2.05) is 6.92 Å². The zero-order valence-corrected chi connectivity index (χ0v) is 12.3. The monoisotopic (exact) mass is 302 g/mol. The van der Waals surface area contributed by atoms with Crippen molar-refractivity contribution >= 4 is 21.3 Å². The van der Waals surface area contributed by atoms with E-state index < -0.39 is 14.8 Å². The lowest BCUT2D eigenvalue weighted by atomic mass is 10.1. The Morgan fingerprint density at radius 1 is 1.55 bits per heavy atom. The molecule has 1 fully saturated rings. The second kappa shape index (κ2) is 5.39. The zero-order valence-electron chi connectivity index (χ0n) is 11.5. The van der Waals surface area contributed by atoms with Crippen LogP contribution in [-0.4, -0.2) is 41.2 Å². The summed E-state index contributed by atoms with van der Waals surface area (Å²) in [5.74, 6) is 0.708. The molecule has 1 saturated heterocycles. The topological polar surface area (TPSA) is 107 Å². The van der Waals surface area contributed by atoms with Crippen LogP contribution < -0.4 is 5.32 Å². The van der Waals surface area contributed by atoms with Gasteiger partial charge in [-0.05, 0) is 26.2 Å². The van der Waals surface area contributed by atoms with Gasteiger partial charge in [0.25, 0.3) is 0 Å². The Morgan fingerprint density at radius 3 is 2.75 bits per heavy atom. The van der Waals surface area contributed by atoms with Gasteiger partial charge in [0, 0.05) is 13.1 Å². The SMILES string of the molecule is CCn1nc(C)c([N+](=O)[O-])c1NCC1CCS(=O)(=O)C1. The van der Waals surface area contributed by atoms with Crippen molar-refractivity contribution in [2.24, 2.45) is 5.92 Å². The van der Waals surface area contributed by atoms with Gasteiger partial charge >= 0.3 is 5.69 Å². The van der Waals surface area contributed by atoms with Crippen LogP contribution in [0, 0.1) is 23.0 Å². The molecule has 1 aliphatic rings. The summed E-state index contributed by atoms with van der Waals surface area (Å²) in [6, 6.07) is 0. The van der Waals surface area contributed by atoms with Gasteiger partial charge in [-0.2, -0.15) is 5.10 Å². The van der Waals surface area contributed by atoms with E-state index in [2.05, 4.69) is 10.4 Å². The fourth-order valence-corrected chi connectivity index (χ4v) is 4.33. The summed E-state index contributed by atoms with van der Waals surface area (Å²) < 4.78 is 24.3. The van der Waals surface area contributed by atoms with Gasteiger partial charge in [0.05, 0.1) is 16.4 Å². The van der Waals surface area contributed by atoms with Gasteiger partial charge in [0.1, 0.15) is 5.69 Å². The molecule has 0 spiro atoms. The third-order valence-corrected chi connectivity index (χ3v) is 5.30. The molecule has 0 bridgehead atoms. The first-order valence-electron chi connectivity index (χ1n) is 6.50. The molecule has 0 aliphatic carbocycles. The van der Waals surface area contributed by atoms with Gasteiger partial charge in [-0.15, -0.1) is 0 Å². The molecule has 1 aromatic heterocycles. The van der Waals surface area contributed by atoms with Gasteiger partial charge in [-0.25, -0.2) is 13.1 Å². The van der Waals surface area contributed by atoms with Gasteiger partial charge in [0.15, 0.2) is 9.84 Å². The normalized spacial score (nSPS) is 21.0. The van der Waals surface area contributed by atoms with Crippen molar-refractivity contribution in [3.8, 4) is 0 Å². The molecular weight excluding hydrogens is 284 g/mol. The lowest BCUT2D eigenvalue weighted by molar-refractivity contribution is -0.384. The van der Waals surface area contributed by atoms with E-state index in [0.29, 0.717) is 31.0 Å². The predicted octanol–water partition coefficient (Wildman–Crippen LogP) is 0.966. The molecule has 1 aromatic rings. The number of hydrogen-bond acceptors (Lipinski definition) is 6. The van der Waals surface area contributed by atoms with Crippen LogP contribution in [0.15, 0.2) is 0 Å². The Balaban J connectivity index is 2.15. The highest BCUT2D eigenvalue weighted by Gasteiger charge is 2.30. The van der Waals surface area contributed by atoms with Crippen LogP contribution in [0.3, 0.4) is 0 Å². The van der Waals surface area contributed by atoms with E-state index >= 15 is 0 Å². The number of aryl methyl sites for hydroxylation is 2. The lowest BCUT2D eigenvalue weighted by Gasteiger charge is -2.11. The Morgan fingerprint density at radius 2 is 2.25 bits per heavy atom. The molecule has 0 aromatic carbocycles. The smallest absolute Gasteiger partial charge is 0.333 e. The number of anilines is 1. The van der Waals surface area contributed by atoms with Crippen molar-refractivity contribution in [2.45, 2.75) is 26.8 Å². The van der Waals surface area contributed by atoms with Crippen LogP contribution in [0.4, 0.5) is 11.5 Å². The molecule has 0 amide bonds. The highest BCUT2D eigenvalue weighted by atomic mass is 32.2. The maximum absolute atomic E-state index is 11.4. The van der Waals surface area contributed by atoms with Crippen LogP contribution in [0.5, 0.6) is 0 Å². The lowest BCUT2D eigenvalue weighted by Crippen LogP contribution is -2.18. The van der Waals surface area contributed by atoms with E-state index in [-0.39, 0.29) is 23.1 Å². The van der Waals surface area contributed by atoms with Crippen molar-refractivity contribution in [1.82, 2.24) is 9.78 Å². The molecule has 1 N–H and O–H groups in total. The van der Waals surface area contributed by atoms with Gasteiger partial charge in [-0.3, -0.25) is 10.1 Å². The Labute approximate surface area is 117 Å². The number of nitrogens with zero attached hydrogens (tertiary/aromatic N) is 3. The summed E-state index contributed by atoms with van der Waals surface area (Å²) >= 11 is 0. The molecule has 9 heteroatoms. The van der Waals surface area contributed by atoms with Crippen molar-refractivity contribution in [1.29, 1.82) is 0 Å². The van der Waals surface area contributed by atoms with Crippen LogP contribution in [-0.2, 0) is 16.4 Å². The third-order valence-electron chi connectivity index (χ3n) is 3.46. The minimum Gasteiger partial charge on any atom is -0.364 e. The summed E-state index contributed by atoms with van der Waals surface area (Å²) in [7, 11) is -2.93. The molecule has 0 radical (unpaired) electrons. The van der Waals surface area contributed by atoms with Crippen molar-refractivity contribution in [3.63, 3.8) is 0 Å². The summed E-state index contributed by atoms with van der Waals surface area (Å²) in [5.41, 5.74) is 0.325. The van der Waals surface area contributed by atoms with E-state index in [9.17, 15) is 18.5 Å². The molecule has 2 heterocycles. The van der Waals surface area contributed by atoms with Gasteiger partial charge < -0.3 is 5.32 Å². The van der Waals surface area contributed by atoms with E-state index in [0.717, 1.165) is 0 Å². The van der Waals surface area contributed by atoms with Crippen LogP contribution in [0.25, 0.3) is 0 Å². The maximum Gasteiger partial charge on any atom is 0.333 e. The Kier molecular flexibility index (Phi) is 3.98. The van der Waals surface area contributed by atoms with Crippen molar-refractivity contribution < 1.29 is 13.3 Å². The molecular formula is C11H18N4O4S. The standard InChI is InChI=1S/C11H18N4O4S/c1-3-14-11(10(15(16)17)8(2)13-14)12-6-9-4-5-20(18,19)7-9/h9,12H,3-7H2,1-2H3. The van der Waals surface area contributed by atoms with Gasteiger partial charge in [0.2, 0.25) is 5.82 Å². The van der Waals surface area contributed by atoms with E-state index in [1.54, 1.807) is 6.92 Å². The second-order valence-electron chi connectivity index (χ2n) is 5.01. The number of aromatic nitrogens is 2. The summed E-state index contributed by atoms with van der Waals surface area (Å²) in [5, 5.41) is 18.2. The van der Waals surface area contributed by atoms with Crippen molar-refractivity contribution in [2.75, 3.05) is 23.4 Å². The van der Waals surface area contributed by atoms with E-state index in [4.69, 9.17) is 0 Å². The Hall–Kier alpha value is -1.64. The fourth-order valence-electron chi connectivity index (χ4n) is 2.47. The summed E-state index contributed by atoms with van der Waals surface area (Å²) in [6.07, 6.45) is 0.600. The molecule has 112 valence electrons. The number of hydrogen-bond donors (Lipinski definition) is 1. The minimum atomic E-state index is -2.93. The summed E-state index contributed by atoms with van der Waals surface area (Å²) in [4.78, 5) is 10.6. The van der Waals surface area contributed by atoms with Crippen LogP contribution >= 0.6 is 0 Å². The molecule has 1 unspecified atom stereocenters.